The molecule has 106 valence electrons. The monoisotopic (exact) mass is 262 g/mol. The van der Waals surface area contributed by atoms with Crippen LogP contribution < -0.4 is 11.1 Å². The number of rotatable bonds is 4. The lowest BCUT2D eigenvalue weighted by Gasteiger charge is -2.28. The minimum atomic E-state index is -0.494. The van der Waals surface area contributed by atoms with Crippen molar-refractivity contribution in [3.63, 3.8) is 0 Å². The second-order valence-corrected chi connectivity index (χ2v) is 6.22. The van der Waals surface area contributed by atoms with Crippen LogP contribution in [0.2, 0.25) is 0 Å². The van der Waals surface area contributed by atoms with Crippen molar-refractivity contribution in [2.45, 2.75) is 53.1 Å². The molecule has 1 rings (SSSR count). The van der Waals surface area contributed by atoms with Crippen molar-refractivity contribution in [3.05, 3.63) is 35.4 Å². The highest BCUT2D eigenvalue weighted by molar-refractivity contribution is 5.82. The number of amides is 1. The molecule has 0 fully saturated rings. The molecule has 1 aromatic rings. The molecule has 0 aliphatic heterocycles. The molecule has 3 heteroatoms. The third-order valence-corrected chi connectivity index (χ3v) is 3.42. The maximum absolute atomic E-state index is 12.2. The van der Waals surface area contributed by atoms with Gasteiger partial charge in [-0.05, 0) is 24.3 Å². The van der Waals surface area contributed by atoms with E-state index in [0.29, 0.717) is 0 Å². The molecule has 3 N–H and O–H groups in total. The van der Waals surface area contributed by atoms with E-state index in [2.05, 4.69) is 43.4 Å². The molecule has 0 bridgehead atoms. The zero-order valence-electron chi connectivity index (χ0n) is 12.7. The molecule has 0 spiro atoms. The fourth-order valence-electron chi connectivity index (χ4n) is 1.87. The fourth-order valence-corrected chi connectivity index (χ4v) is 1.87. The van der Waals surface area contributed by atoms with Crippen molar-refractivity contribution in [3.8, 4) is 0 Å². The quantitative estimate of drug-likeness (QED) is 0.876. The third-order valence-electron chi connectivity index (χ3n) is 3.42. The smallest absolute Gasteiger partial charge is 0.237 e. The summed E-state index contributed by atoms with van der Waals surface area (Å²) in [7, 11) is 0. The molecule has 1 amide bonds. The molecule has 0 saturated carbocycles. The molecule has 2 atom stereocenters. The highest BCUT2D eigenvalue weighted by Gasteiger charge is 2.28. The Kier molecular flexibility index (Phi) is 5.12. The molecule has 3 nitrogen and oxygen atoms in total. The van der Waals surface area contributed by atoms with Gasteiger partial charge in [0, 0.05) is 0 Å². The van der Waals surface area contributed by atoms with Crippen molar-refractivity contribution < 1.29 is 4.79 Å². The van der Waals surface area contributed by atoms with Crippen LogP contribution in [0.5, 0.6) is 0 Å². The van der Waals surface area contributed by atoms with E-state index in [1.54, 1.807) is 0 Å². The van der Waals surface area contributed by atoms with Crippen LogP contribution in [-0.4, -0.2) is 11.9 Å². The van der Waals surface area contributed by atoms with Gasteiger partial charge in [0.1, 0.15) is 0 Å². The summed E-state index contributed by atoms with van der Waals surface area (Å²) >= 11 is 0. The van der Waals surface area contributed by atoms with E-state index >= 15 is 0 Å². The van der Waals surface area contributed by atoms with E-state index in [1.165, 1.54) is 5.56 Å². The average Bonchev–Trinajstić information content (AvgIpc) is 2.34. The SMILES string of the molecule is CCC(NC(=O)[C@H](N)C(C)(C)C)c1ccc(C)cc1. The standard InChI is InChI=1S/C16H26N2O/c1-6-13(12-9-7-11(2)8-10-12)18-15(19)14(17)16(3,4)5/h7-10,13-14H,6,17H2,1-5H3,(H,18,19)/t13?,14-/m0/s1. The molecule has 0 aliphatic rings. The molecule has 0 heterocycles. The average molecular weight is 262 g/mol. The van der Waals surface area contributed by atoms with Gasteiger partial charge in [-0.1, -0.05) is 57.5 Å². The minimum Gasteiger partial charge on any atom is -0.348 e. The zero-order chi connectivity index (χ0) is 14.6. The van der Waals surface area contributed by atoms with Crippen LogP contribution in [0, 0.1) is 12.3 Å². The largest absolute Gasteiger partial charge is 0.348 e. The van der Waals surface area contributed by atoms with Crippen molar-refractivity contribution in [2.24, 2.45) is 11.1 Å². The Balaban J connectivity index is 2.78. The van der Waals surface area contributed by atoms with Crippen molar-refractivity contribution >= 4 is 5.91 Å². The van der Waals surface area contributed by atoms with Gasteiger partial charge in [-0.15, -0.1) is 0 Å². The second kappa shape index (κ2) is 6.20. The maximum atomic E-state index is 12.2. The number of carbonyl (C=O) groups excluding carboxylic acids is 1. The van der Waals surface area contributed by atoms with E-state index in [-0.39, 0.29) is 17.4 Å². The number of aryl methyl sites for hydroxylation is 1. The Hall–Kier alpha value is -1.35. The first-order valence-electron chi connectivity index (χ1n) is 6.88. The van der Waals surface area contributed by atoms with Gasteiger partial charge in [-0.3, -0.25) is 4.79 Å². The third kappa shape index (κ3) is 4.35. The number of benzene rings is 1. The van der Waals surface area contributed by atoms with Gasteiger partial charge >= 0.3 is 0 Å². The van der Waals surface area contributed by atoms with Crippen LogP contribution in [0.15, 0.2) is 24.3 Å². The van der Waals surface area contributed by atoms with Crippen LogP contribution in [0.1, 0.15) is 51.3 Å². The van der Waals surface area contributed by atoms with Crippen LogP contribution >= 0.6 is 0 Å². The highest BCUT2D eigenvalue weighted by Crippen LogP contribution is 2.21. The normalized spacial score (nSPS) is 14.8. The van der Waals surface area contributed by atoms with Crippen molar-refractivity contribution in [1.82, 2.24) is 5.32 Å². The van der Waals surface area contributed by atoms with Crippen LogP contribution in [-0.2, 0) is 4.79 Å². The summed E-state index contributed by atoms with van der Waals surface area (Å²) < 4.78 is 0. The summed E-state index contributed by atoms with van der Waals surface area (Å²) in [5, 5.41) is 3.04. The van der Waals surface area contributed by atoms with E-state index in [0.717, 1.165) is 12.0 Å². The first-order chi connectivity index (χ1) is 8.75. The number of nitrogens with two attached hydrogens (primary N) is 1. The van der Waals surface area contributed by atoms with Gasteiger partial charge in [-0.2, -0.15) is 0 Å². The van der Waals surface area contributed by atoms with Gasteiger partial charge in [0.25, 0.3) is 0 Å². The first kappa shape index (κ1) is 15.7. The lowest BCUT2D eigenvalue weighted by Crippen LogP contribution is -2.49. The fraction of sp³-hybridized carbons (Fsp3) is 0.562. The predicted molar refractivity (Wildman–Crippen MR) is 79.8 cm³/mol. The molecule has 1 unspecified atom stereocenters. The van der Waals surface area contributed by atoms with Crippen LogP contribution in [0.4, 0.5) is 0 Å². The Morgan fingerprint density at radius 1 is 1.26 bits per heavy atom. The molecule has 0 aliphatic carbocycles. The van der Waals surface area contributed by atoms with E-state index in [4.69, 9.17) is 5.73 Å². The van der Waals surface area contributed by atoms with Crippen LogP contribution in [0.3, 0.4) is 0 Å². The number of nitrogens with one attached hydrogen (secondary N) is 1. The zero-order valence-corrected chi connectivity index (χ0v) is 12.7. The second-order valence-electron chi connectivity index (χ2n) is 6.22. The Morgan fingerprint density at radius 2 is 1.79 bits per heavy atom. The summed E-state index contributed by atoms with van der Waals surface area (Å²) in [5.74, 6) is -0.0834. The maximum Gasteiger partial charge on any atom is 0.237 e. The Morgan fingerprint density at radius 3 is 2.21 bits per heavy atom. The summed E-state index contributed by atoms with van der Waals surface area (Å²) in [4.78, 5) is 12.2. The molecule has 0 aromatic heterocycles. The summed E-state index contributed by atoms with van der Waals surface area (Å²) in [6, 6.07) is 7.79. The van der Waals surface area contributed by atoms with Gasteiger partial charge < -0.3 is 11.1 Å². The first-order valence-corrected chi connectivity index (χ1v) is 6.88. The lowest BCUT2D eigenvalue weighted by molar-refractivity contribution is -0.125. The predicted octanol–water partition coefficient (Wildman–Crippen LogP) is 2.94. The molecule has 0 saturated heterocycles. The molecule has 0 radical (unpaired) electrons. The number of carbonyl (C=O) groups is 1. The van der Waals surface area contributed by atoms with E-state index in [9.17, 15) is 4.79 Å². The summed E-state index contributed by atoms with van der Waals surface area (Å²) in [6.45, 7) is 10.0. The number of hydrogen-bond acceptors (Lipinski definition) is 2. The van der Waals surface area contributed by atoms with Gasteiger partial charge in [0.05, 0.1) is 12.1 Å². The molecular formula is C16H26N2O. The Labute approximate surface area is 116 Å². The highest BCUT2D eigenvalue weighted by atomic mass is 16.2. The van der Waals surface area contributed by atoms with Gasteiger partial charge in [0.15, 0.2) is 0 Å². The minimum absolute atomic E-state index is 0.0292. The van der Waals surface area contributed by atoms with E-state index < -0.39 is 6.04 Å². The summed E-state index contributed by atoms with van der Waals surface area (Å²) in [6.07, 6.45) is 0.853. The number of hydrogen-bond donors (Lipinski definition) is 2. The summed E-state index contributed by atoms with van der Waals surface area (Å²) in [5.41, 5.74) is 8.11. The van der Waals surface area contributed by atoms with E-state index in [1.807, 2.05) is 20.8 Å². The van der Waals surface area contributed by atoms with Crippen molar-refractivity contribution in [2.75, 3.05) is 0 Å². The Bertz CT molecular complexity index is 417. The van der Waals surface area contributed by atoms with Crippen LogP contribution in [0.25, 0.3) is 0 Å². The molecule has 19 heavy (non-hydrogen) atoms. The molecular weight excluding hydrogens is 236 g/mol. The lowest BCUT2D eigenvalue weighted by atomic mass is 9.86. The van der Waals surface area contributed by atoms with Crippen molar-refractivity contribution in [1.29, 1.82) is 0 Å². The molecule has 1 aromatic carbocycles. The van der Waals surface area contributed by atoms with Gasteiger partial charge in [0.2, 0.25) is 5.91 Å². The topological polar surface area (TPSA) is 55.1 Å². The van der Waals surface area contributed by atoms with Gasteiger partial charge in [-0.25, -0.2) is 0 Å².